The van der Waals surface area contributed by atoms with E-state index >= 15 is 0 Å². The summed E-state index contributed by atoms with van der Waals surface area (Å²) in [7, 11) is 0. The number of hydrogen-bond donors (Lipinski definition) is 0. The molecule has 326 valence electrons. The fraction of sp³-hybridized carbons (Fsp3) is 0.939. The lowest BCUT2D eigenvalue weighted by Crippen LogP contribution is -2.30. The first-order chi connectivity index (χ1) is 26.9. The summed E-state index contributed by atoms with van der Waals surface area (Å²) in [6.45, 7) is 8.98. The third kappa shape index (κ3) is 43.4. The van der Waals surface area contributed by atoms with E-state index in [4.69, 9.17) is 14.2 Å². The maximum atomic E-state index is 12.7. The summed E-state index contributed by atoms with van der Waals surface area (Å²) in [6.07, 6.45) is 43.7. The van der Waals surface area contributed by atoms with Crippen molar-refractivity contribution in [2.24, 2.45) is 5.92 Å². The van der Waals surface area contributed by atoms with Crippen LogP contribution in [0.3, 0.4) is 0 Å². The van der Waals surface area contributed by atoms with Crippen LogP contribution < -0.4 is 0 Å². The molecule has 0 heterocycles. The van der Waals surface area contributed by atoms with Crippen molar-refractivity contribution in [3.05, 3.63) is 0 Å². The van der Waals surface area contributed by atoms with Crippen LogP contribution in [0.1, 0.15) is 272 Å². The molecule has 0 saturated heterocycles. The molecule has 0 saturated carbocycles. The molecule has 0 aromatic heterocycles. The lowest BCUT2D eigenvalue weighted by molar-refractivity contribution is -0.167. The number of hydrogen-bond acceptors (Lipinski definition) is 6. The summed E-state index contributed by atoms with van der Waals surface area (Å²) in [5.41, 5.74) is 0. The van der Waals surface area contributed by atoms with E-state index < -0.39 is 6.10 Å². The number of esters is 3. The highest BCUT2D eigenvalue weighted by atomic mass is 16.6. The summed E-state index contributed by atoms with van der Waals surface area (Å²) in [6, 6.07) is 0. The first kappa shape index (κ1) is 53.4. The Labute approximate surface area is 342 Å². The van der Waals surface area contributed by atoms with Gasteiger partial charge in [-0.15, -0.1) is 0 Å². The summed E-state index contributed by atoms with van der Waals surface area (Å²) in [4.78, 5) is 37.8. The van der Waals surface area contributed by atoms with Crippen LogP contribution in [0.2, 0.25) is 0 Å². The van der Waals surface area contributed by atoms with Crippen LogP contribution in [0.5, 0.6) is 0 Å². The molecule has 0 unspecified atom stereocenters. The predicted molar refractivity (Wildman–Crippen MR) is 233 cm³/mol. The number of rotatable bonds is 44. The maximum Gasteiger partial charge on any atom is 0.306 e. The van der Waals surface area contributed by atoms with Crippen LogP contribution in [0.15, 0.2) is 0 Å². The number of carbonyl (C=O) groups excluding carboxylic acids is 3. The lowest BCUT2D eigenvalue weighted by atomic mass is 10.0. The largest absolute Gasteiger partial charge is 0.462 e. The van der Waals surface area contributed by atoms with Crippen molar-refractivity contribution in [1.82, 2.24) is 0 Å². The zero-order valence-electron chi connectivity index (χ0n) is 37.4. The lowest BCUT2D eigenvalue weighted by Gasteiger charge is -2.18. The molecule has 1 atom stereocenters. The smallest absolute Gasteiger partial charge is 0.306 e. The van der Waals surface area contributed by atoms with Crippen molar-refractivity contribution in [2.75, 3.05) is 13.2 Å². The van der Waals surface area contributed by atoms with E-state index in [9.17, 15) is 14.4 Å². The normalized spacial score (nSPS) is 11.9. The molecule has 0 radical (unpaired) electrons. The Balaban J connectivity index is 4.28. The quantitative estimate of drug-likeness (QED) is 0.0348. The van der Waals surface area contributed by atoms with E-state index in [2.05, 4.69) is 27.7 Å². The van der Waals surface area contributed by atoms with Gasteiger partial charge in [-0.2, -0.15) is 0 Å². The van der Waals surface area contributed by atoms with E-state index in [0.29, 0.717) is 19.3 Å². The van der Waals surface area contributed by atoms with Crippen LogP contribution in [-0.4, -0.2) is 37.2 Å². The van der Waals surface area contributed by atoms with Gasteiger partial charge in [0, 0.05) is 19.3 Å². The zero-order chi connectivity index (χ0) is 40.3. The van der Waals surface area contributed by atoms with E-state index in [0.717, 1.165) is 63.7 Å². The average molecular weight is 779 g/mol. The summed E-state index contributed by atoms with van der Waals surface area (Å²) in [5.74, 6) is -0.0354. The van der Waals surface area contributed by atoms with Crippen LogP contribution >= 0.6 is 0 Å². The summed E-state index contributed by atoms with van der Waals surface area (Å²) < 4.78 is 16.7. The Morgan fingerprint density at radius 1 is 0.345 bits per heavy atom. The maximum absolute atomic E-state index is 12.7. The molecule has 0 aliphatic heterocycles. The van der Waals surface area contributed by atoms with E-state index in [-0.39, 0.29) is 31.1 Å². The minimum atomic E-state index is -0.759. The van der Waals surface area contributed by atoms with Gasteiger partial charge in [0.15, 0.2) is 6.10 Å². The van der Waals surface area contributed by atoms with Gasteiger partial charge in [-0.25, -0.2) is 0 Å². The Morgan fingerprint density at radius 3 is 0.891 bits per heavy atom. The molecule has 0 aromatic carbocycles. The van der Waals surface area contributed by atoms with Crippen LogP contribution in [0, 0.1) is 5.92 Å². The first-order valence-corrected chi connectivity index (χ1v) is 24.4. The van der Waals surface area contributed by atoms with Gasteiger partial charge in [-0.05, 0) is 25.2 Å². The van der Waals surface area contributed by atoms with Crippen molar-refractivity contribution in [1.29, 1.82) is 0 Å². The molecule has 0 aliphatic carbocycles. The van der Waals surface area contributed by atoms with Crippen LogP contribution in [-0.2, 0) is 28.6 Å². The molecular formula is C49H94O6. The van der Waals surface area contributed by atoms with Crippen LogP contribution in [0.4, 0.5) is 0 Å². The second-order valence-electron chi connectivity index (χ2n) is 17.2. The van der Waals surface area contributed by atoms with Gasteiger partial charge in [-0.3, -0.25) is 14.4 Å². The van der Waals surface area contributed by atoms with Crippen molar-refractivity contribution in [3.63, 3.8) is 0 Å². The first-order valence-electron chi connectivity index (χ1n) is 24.4. The monoisotopic (exact) mass is 779 g/mol. The van der Waals surface area contributed by atoms with Gasteiger partial charge in [0.05, 0.1) is 0 Å². The van der Waals surface area contributed by atoms with Crippen molar-refractivity contribution < 1.29 is 28.6 Å². The van der Waals surface area contributed by atoms with Gasteiger partial charge < -0.3 is 14.2 Å². The van der Waals surface area contributed by atoms with Crippen molar-refractivity contribution in [3.8, 4) is 0 Å². The van der Waals surface area contributed by atoms with E-state index in [1.807, 2.05) is 0 Å². The molecule has 55 heavy (non-hydrogen) atoms. The standard InChI is InChI=1S/C49H94O6/c1-5-7-9-11-13-15-16-17-18-19-20-25-29-33-37-41-48(51)54-44-46(43-53-47(50)40-36-32-28-23-14-12-10-8-6-2)55-49(52)42-38-34-30-26-22-21-24-27-31-35-39-45(3)4/h45-46H,5-44H2,1-4H3/t46-/m1/s1. The Hall–Kier alpha value is -1.59. The number of unbranched alkanes of at least 4 members (excludes halogenated alkanes) is 31. The predicted octanol–water partition coefficient (Wildman–Crippen LogP) is 15.5. The van der Waals surface area contributed by atoms with Crippen LogP contribution in [0.25, 0.3) is 0 Å². The van der Waals surface area contributed by atoms with Gasteiger partial charge in [0.2, 0.25) is 0 Å². The van der Waals surface area contributed by atoms with Gasteiger partial charge in [0.1, 0.15) is 13.2 Å². The minimum Gasteiger partial charge on any atom is -0.462 e. The number of ether oxygens (including phenoxy) is 3. The summed E-state index contributed by atoms with van der Waals surface area (Å²) in [5, 5.41) is 0. The molecule has 0 rings (SSSR count). The molecular weight excluding hydrogens is 685 g/mol. The third-order valence-corrected chi connectivity index (χ3v) is 11.0. The SMILES string of the molecule is CCCCCCCCCCCCCCCCCC(=O)OC[C@@H](COC(=O)CCCCCCCCCCC)OC(=O)CCCCCCCCCCCCC(C)C. The Morgan fingerprint density at radius 2 is 0.600 bits per heavy atom. The minimum absolute atomic E-state index is 0.0634. The highest BCUT2D eigenvalue weighted by Crippen LogP contribution is 2.16. The molecule has 0 aliphatic rings. The highest BCUT2D eigenvalue weighted by molar-refractivity contribution is 5.71. The second kappa shape index (κ2) is 43.5. The molecule has 0 spiro atoms. The van der Waals surface area contributed by atoms with Crippen molar-refractivity contribution >= 4 is 17.9 Å². The Kier molecular flexibility index (Phi) is 42.3. The van der Waals surface area contributed by atoms with E-state index in [1.165, 1.54) is 167 Å². The molecule has 6 nitrogen and oxygen atoms in total. The molecule has 0 fully saturated rings. The van der Waals surface area contributed by atoms with Gasteiger partial charge in [-0.1, -0.05) is 233 Å². The Bertz CT molecular complexity index is 826. The summed E-state index contributed by atoms with van der Waals surface area (Å²) >= 11 is 0. The molecule has 0 N–H and O–H groups in total. The fourth-order valence-electron chi connectivity index (χ4n) is 7.33. The van der Waals surface area contributed by atoms with Gasteiger partial charge >= 0.3 is 17.9 Å². The van der Waals surface area contributed by atoms with Crippen molar-refractivity contribution in [2.45, 2.75) is 278 Å². The van der Waals surface area contributed by atoms with Gasteiger partial charge in [0.25, 0.3) is 0 Å². The van der Waals surface area contributed by atoms with E-state index in [1.54, 1.807) is 0 Å². The molecule has 0 amide bonds. The third-order valence-electron chi connectivity index (χ3n) is 11.0. The molecule has 6 heteroatoms. The topological polar surface area (TPSA) is 78.9 Å². The zero-order valence-corrected chi connectivity index (χ0v) is 37.4. The fourth-order valence-corrected chi connectivity index (χ4v) is 7.33. The highest BCUT2D eigenvalue weighted by Gasteiger charge is 2.19. The molecule has 0 bridgehead atoms. The average Bonchev–Trinajstić information content (AvgIpc) is 3.17. The molecule has 0 aromatic rings. The number of carbonyl (C=O) groups is 3. The second-order valence-corrected chi connectivity index (χ2v) is 17.2.